The second kappa shape index (κ2) is 7.81. The van der Waals surface area contributed by atoms with E-state index in [0.717, 1.165) is 38.6 Å². The van der Waals surface area contributed by atoms with Gasteiger partial charge in [0.15, 0.2) is 0 Å². The van der Waals surface area contributed by atoms with Gasteiger partial charge in [0, 0.05) is 38.5 Å². The van der Waals surface area contributed by atoms with Crippen LogP contribution in [0.5, 0.6) is 0 Å². The van der Waals surface area contributed by atoms with Crippen molar-refractivity contribution in [3.63, 3.8) is 0 Å². The van der Waals surface area contributed by atoms with Crippen LogP contribution in [0.3, 0.4) is 0 Å². The molecule has 116 valence electrons. The minimum absolute atomic E-state index is 0.880. The van der Waals surface area contributed by atoms with E-state index in [0.29, 0.717) is 0 Å². The van der Waals surface area contributed by atoms with Crippen LogP contribution in [0.25, 0.3) is 0 Å². The normalized spacial score (nSPS) is 18.4. The molecule has 1 aliphatic carbocycles. The van der Waals surface area contributed by atoms with Crippen molar-refractivity contribution in [2.75, 3.05) is 37.7 Å². The highest BCUT2D eigenvalue weighted by Gasteiger charge is 2.20. The Balaban J connectivity index is 1.36. The van der Waals surface area contributed by atoms with Gasteiger partial charge in [0.25, 0.3) is 0 Å². The number of rotatable bonds is 9. The fourth-order valence-electron chi connectivity index (χ4n) is 2.98. The van der Waals surface area contributed by atoms with Crippen LogP contribution in [0.15, 0.2) is 24.3 Å². The van der Waals surface area contributed by atoms with Crippen LogP contribution in [0.4, 0.5) is 5.69 Å². The molecule has 0 spiro atoms. The maximum Gasteiger partial charge on any atom is 0.0494 e. The molecule has 1 heterocycles. The summed E-state index contributed by atoms with van der Waals surface area (Å²) in [6.45, 7) is 6.32. The van der Waals surface area contributed by atoms with Gasteiger partial charge >= 0.3 is 0 Å². The Kier molecular flexibility index (Phi) is 5.53. The predicted molar refractivity (Wildman–Crippen MR) is 87.8 cm³/mol. The summed E-state index contributed by atoms with van der Waals surface area (Å²) in [5.41, 5.74) is 2.85. The van der Waals surface area contributed by atoms with E-state index in [1.807, 2.05) is 0 Å². The average molecular weight is 288 g/mol. The van der Waals surface area contributed by atoms with E-state index >= 15 is 0 Å². The molecule has 1 saturated carbocycles. The maximum atomic E-state index is 5.67. The Bertz CT molecular complexity index is 425. The molecular formula is C18H28N2O. The molecule has 0 atom stereocenters. The first-order valence-corrected chi connectivity index (χ1v) is 8.55. The highest BCUT2D eigenvalue weighted by atomic mass is 16.5. The minimum atomic E-state index is 0.880. The van der Waals surface area contributed by atoms with Gasteiger partial charge < -0.3 is 15.0 Å². The maximum absolute atomic E-state index is 5.67. The predicted octanol–water partition coefficient (Wildman–Crippen LogP) is 3.19. The summed E-state index contributed by atoms with van der Waals surface area (Å²) in [4.78, 5) is 2.52. The van der Waals surface area contributed by atoms with Crippen LogP contribution in [-0.2, 0) is 11.3 Å². The van der Waals surface area contributed by atoms with Gasteiger partial charge in [-0.2, -0.15) is 0 Å². The Morgan fingerprint density at radius 2 is 1.95 bits per heavy atom. The summed E-state index contributed by atoms with van der Waals surface area (Å²) in [5.74, 6) is 0.880. The highest BCUT2D eigenvalue weighted by Crippen LogP contribution is 2.28. The van der Waals surface area contributed by atoms with Gasteiger partial charge in [0.2, 0.25) is 0 Å². The molecule has 3 heteroatoms. The molecule has 1 N–H and O–H groups in total. The summed E-state index contributed by atoms with van der Waals surface area (Å²) in [5, 5.41) is 3.56. The molecule has 21 heavy (non-hydrogen) atoms. The van der Waals surface area contributed by atoms with Gasteiger partial charge in [0.05, 0.1) is 0 Å². The molecule has 2 fully saturated rings. The number of ether oxygens (including phenoxy) is 1. The zero-order chi connectivity index (χ0) is 14.3. The molecular weight excluding hydrogens is 260 g/mol. The third-order valence-corrected chi connectivity index (χ3v) is 4.45. The lowest BCUT2D eigenvalue weighted by atomic mass is 10.1. The molecule has 3 nitrogen and oxygen atoms in total. The van der Waals surface area contributed by atoms with Crippen LogP contribution in [0, 0.1) is 5.92 Å². The summed E-state index contributed by atoms with van der Waals surface area (Å²) >= 11 is 0. The van der Waals surface area contributed by atoms with E-state index in [1.54, 1.807) is 0 Å². The first-order chi connectivity index (χ1) is 10.4. The first kappa shape index (κ1) is 14.9. The lowest BCUT2D eigenvalue weighted by molar-refractivity contribution is 0.122. The molecule has 1 aliphatic heterocycles. The molecule has 0 amide bonds. The van der Waals surface area contributed by atoms with Crippen molar-refractivity contribution in [3.8, 4) is 0 Å². The molecule has 0 bridgehead atoms. The van der Waals surface area contributed by atoms with Gasteiger partial charge in [-0.3, -0.25) is 0 Å². The first-order valence-electron chi connectivity index (χ1n) is 8.55. The van der Waals surface area contributed by atoms with E-state index in [1.165, 1.54) is 50.0 Å². The zero-order valence-corrected chi connectivity index (χ0v) is 13.0. The second-order valence-corrected chi connectivity index (χ2v) is 6.37. The van der Waals surface area contributed by atoms with Gasteiger partial charge in [-0.25, -0.2) is 0 Å². The average Bonchev–Trinajstić information content (AvgIpc) is 3.18. The molecule has 0 unspecified atom stereocenters. The van der Waals surface area contributed by atoms with Gasteiger partial charge in [-0.15, -0.1) is 0 Å². The second-order valence-electron chi connectivity index (χ2n) is 6.37. The molecule has 3 rings (SSSR count). The number of nitrogens with one attached hydrogen (secondary N) is 1. The van der Waals surface area contributed by atoms with Crippen molar-refractivity contribution in [3.05, 3.63) is 29.8 Å². The van der Waals surface area contributed by atoms with Gasteiger partial charge in [-0.1, -0.05) is 18.2 Å². The Hall–Kier alpha value is -1.06. The SMILES string of the molecule is c1ccc(N2CCCC2)c(CNCCCOCC2CC2)c1. The molecule has 0 aromatic heterocycles. The van der Waals surface area contributed by atoms with Gasteiger partial charge in [-0.05, 0) is 56.2 Å². The number of nitrogens with zero attached hydrogens (tertiary/aromatic N) is 1. The summed E-state index contributed by atoms with van der Waals surface area (Å²) in [6, 6.07) is 8.82. The zero-order valence-electron chi connectivity index (χ0n) is 13.0. The van der Waals surface area contributed by atoms with Crippen molar-refractivity contribution in [1.29, 1.82) is 0 Å². The number of hydrogen-bond donors (Lipinski definition) is 1. The quantitative estimate of drug-likeness (QED) is 0.706. The standard InChI is InChI=1S/C18H28N2O/c1-2-7-18(20-11-3-4-12-20)17(6-1)14-19-10-5-13-21-15-16-8-9-16/h1-2,6-7,16,19H,3-5,8-15H2. The van der Waals surface area contributed by atoms with Gasteiger partial charge in [0.1, 0.15) is 0 Å². The summed E-state index contributed by atoms with van der Waals surface area (Å²) < 4.78 is 5.67. The van der Waals surface area contributed by atoms with Crippen molar-refractivity contribution in [2.24, 2.45) is 5.92 Å². The van der Waals surface area contributed by atoms with E-state index in [2.05, 4.69) is 34.5 Å². The van der Waals surface area contributed by atoms with Crippen molar-refractivity contribution in [2.45, 2.75) is 38.6 Å². The Labute approximate surface area is 128 Å². The van der Waals surface area contributed by atoms with Crippen LogP contribution < -0.4 is 10.2 Å². The van der Waals surface area contributed by atoms with Crippen LogP contribution in [0.2, 0.25) is 0 Å². The minimum Gasteiger partial charge on any atom is -0.381 e. The highest BCUT2D eigenvalue weighted by molar-refractivity contribution is 5.54. The van der Waals surface area contributed by atoms with Crippen LogP contribution in [0.1, 0.15) is 37.7 Å². The third-order valence-electron chi connectivity index (χ3n) is 4.45. The smallest absolute Gasteiger partial charge is 0.0494 e. The molecule has 1 saturated heterocycles. The van der Waals surface area contributed by atoms with E-state index in [-0.39, 0.29) is 0 Å². The third kappa shape index (κ3) is 4.72. The van der Waals surface area contributed by atoms with E-state index in [9.17, 15) is 0 Å². The monoisotopic (exact) mass is 288 g/mol. The molecule has 0 radical (unpaired) electrons. The van der Waals surface area contributed by atoms with E-state index < -0.39 is 0 Å². The van der Waals surface area contributed by atoms with E-state index in [4.69, 9.17) is 4.74 Å². The number of benzene rings is 1. The fourth-order valence-corrected chi connectivity index (χ4v) is 2.98. The van der Waals surface area contributed by atoms with Crippen molar-refractivity contribution >= 4 is 5.69 Å². The molecule has 1 aromatic rings. The Morgan fingerprint density at radius 3 is 2.76 bits per heavy atom. The number of para-hydroxylation sites is 1. The lowest BCUT2D eigenvalue weighted by Crippen LogP contribution is -2.22. The molecule has 1 aromatic carbocycles. The van der Waals surface area contributed by atoms with Crippen LogP contribution >= 0.6 is 0 Å². The van der Waals surface area contributed by atoms with Crippen molar-refractivity contribution < 1.29 is 4.74 Å². The summed E-state index contributed by atoms with van der Waals surface area (Å²) in [6.07, 6.45) is 6.54. The lowest BCUT2D eigenvalue weighted by Gasteiger charge is -2.21. The summed E-state index contributed by atoms with van der Waals surface area (Å²) in [7, 11) is 0. The number of anilines is 1. The molecule has 2 aliphatic rings. The number of hydrogen-bond acceptors (Lipinski definition) is 3. The largest absolute Gasteiger partial charge is 0.381 e. The van der Waals surface area contributed by atoms with Crippen LogP contribution in [-0.4, -0.2) is 32.8 Å². The topological polar surface area (TPSA) is 24.5 Å². The Morgan fingerprint density at radius 1 is 1.14 bits per heavy atom. The fraction of sp³-hybridized carbons (Fsp3) is 0.667. The van der Waals surface area contributed by atoms with Crippen molar-refractivity contribution in [1.82, 2.24) is 5.32 Å².